The molecule has 3 rings (SSSR count). The molecule has 0 aliphatic rings. The van der Waals surface area contributed by atoms with E-state index in [0.717, 1.165) is 34.4 Å². The number of halogens is 1. The number of aryl methyl sites for hydroxylation is 1. The Hall–Kier alpha value is -4.18. The number of aliphatic carboxylic acids is 1. The van der Waals surface area contributed by atoms with Gasteiger partial charge in [0.1, 0.15) is 5.52 Å². The van der Waals surface area contributed by atoms with Crippen LogP contribution in [0.25, 0.3) is 22.4 Å². The van der Waals surface area contributed by atoms with Crippen LogP contribution in [0.1, 0.15) is 95.8 Å². The Morgan fingerprint density at radius 3 is 2.43 bits per heavy atom. The molecule has 3 aromatic rings. The minimum absolute atomic E-state index is 0.0729. The van der Waals surface area contributed by atoms with Gasteiger partial charge in [0.05, 0.1) is 11.3 Å². The summed E-state index contributed by atoms with van der Waals surface area (Å²) in [4.78, 5) is 30.4. The van der Waals surface area contributed by atoms with Crippen LogP contribution < -0.4 is 0 Å². The molecule has 0 aliphatic heterocycles. The summed E-state index contributed by atoms with van der Waals surface area (Å²) in [7, 11) is 0. The summed E-state index contributed by atoms with van der Waals surface area (Å²) >= 11 is 6.29. The molecule has 2 aromatic heterocycles. The van der Waals surface area contributed by atoms with E-state index in [9.17, 15) is 14.7 Å². The van der Waals surface area contributed by atoms with E-state index in [4.69, 9.17) is 21.0 Å². The Morgan fingerprint density at radius 1 is 1.11 bits per heavy atom. The van der Waals surface area contributed by atoms with Crippen LogP contribution >= 0.6 is 11.6 Å². The topological polar surface area (TPSA) is 80.4 Å². The van der Waals surface area contributed by atoms with E-state index in [1.165, 1.54) is 12.2 Å². The van der Waals surface area contributed by atoms with Gasteiger partial charge in [-0.25, -0.2) is 9.78 Å². The number of fused-ring (bicyclic) bond motifs is 1. The molecule has 0 unspecified atom stereocenters. The molecule has 0 saturated carbocycles. The van der Waals surface area contributed by atoms with Crippen LogP contribution in [0.2, 0.25) is 5.02 Å². The quantitative estimate of drug-likeness (QED) is 0.0661. The summed E-state index contributed by atoms with van der Waals surface area (Å²) in [5.74, 6) is -0.864. The van der Waals surface area contributed by atoms with E-state index in [1.807, 2.05) is 56.3 Å². The van der Waals surface area contributed by atoms with E-state index in [1.54, 1.807) is 12.1 Å². The van der Waals surface area contributed by atoms with Gasteiger partial charge < -0.3 is 9.52 Å². The lowest BCUT2D eigenvalue weighted by Gasteiger charge is -2.23. The summed E-state index contributed by atoms with van der Waals surface area (Å²) in [5.41, 5.74) is 8.89. The second-order valence-electron chi connectivity index (χ2n) is 13.5. The standard InChI is InChI=1S/C40H46ClNO4/c1-10-12-17-29(38(44)45)21-26(3)16-14-13-15-18-30(25-40(8,9)11-2)36(43)35-24-34-37(46-35)31(39(5,6)7)23-33(42-34)28-19-20-32(41)27(4)22-28/h12,14,16-24H,1,11,13,15,25H2,2-9H3,(H,44,45)/b16-14+,26-21+,29-17+,30-18-. The van der Waals surface area contributed by atoms with Gasteiger partial charge in [0.15, 0.2) is 11.3 Å². The zero-order valence-electron chi connectivity index (χ0n) is 28.4. The number of furan rings is 1. The van der Waals surface area contributed by atoms with Crippen LogP contribution in [0.4, 0.5) is 0 Å². The third kappa shape index (κ3) is 9.66. The highest BCUT2D eigenvalue weighted by Gasteiger charge is 2.27. The normalized spacial score (nSPS) is 13.4. The highest BCUT2D eigenvalue weighted by Crippen LogP contribution is 2.37. The summed E-state index contributed by atoms with van der Waals surface area (Å²) in [6.07, 6.45) is 13.3. The van der Waals surface area contributed by atoms with Crippen LogP contribution in [0.15, 0.2) is 100 Å². The van der Waals surface area contributed by atoms with Crippen molar-refractivity contribution in [3.8, 4) is 11.3 Å². The number of carbonyl (C=O) groups is 2. The van der Waals surface area contributed by atoms with Crippen molar-refractivity contribution in [1.29, 1.82) is 0 Å². The molecule has 0 amide bonds. The molecule has 2 heterocycles. The molecule has 0 aliphatic carbocycles. The van der Waals surface area contributed by atoms with Crippen LogP contribution in [0.3, 0.4) is 0 Å². The zero-order chi connectivity index (χ0) is 34.2. The average Bonchev–Trinajstić information content (AvgIpc) is 3.42. The van der Waals surface area contributed by atoms with Crippen LogP contribution in [0, 0.1) is 12.3 Å². The maximum Gasteiger partial charge on any atom is 0.335 e. The Kier molecular flexibility index (Phi) is 12.2. The summed E-state index contributed by atoms with van der Waals surface area (Å²) in [6, 6.07) is 9.69. The molecule has 5 nitrogen and oxygen atoms in total. The number of ketones is 1. The fourth-order valence-electron chi connectivity index (χ4n) is 4.93. The average molecular weight is 640 g/mol. The number of hydrogen-bond acceptors (Lipinski definition) is 4. The maximum atomic E-state index is 14.0. The first kappa shape index (κ1) is 36.3. The summed E-state index contributed by atoms with van der Waals surface area (Å²) < 4.78 is 6.33. The molecule has 6 heteroatoms. The Morgan fingerprint density at radius 2 is 1.83 bits per heavy atom. The van der Waals surface area contributed by atoms with E-state index < -0.39 is 5.97 Å². The molecule has 0 bridgehead atoms. The van der Waals surface area contributed by atoms with Gasteiger partial charge >= 0.3 is 5.97 Å². The Labute approximate surface area is 278 Å². The molecule has 46 heavy (non-hydrogen) atoms. The minimum Gasteiger partial charge on any atom is -0.478 e. The van der Waals surface area contributed by atoms with Gasteiger partial charge in [-0.3, -0.25) is 4.79 Å². The third-order valence-corrected chi connectivity index (χ3v) is 8.42. The monoisotopic (exact) mass is 639 g/mol. The van der Waals surface area contributed by atoms with E-state index in [-0.39, 0.29) is 27.9 Å². The molecule has 0 atom stereocenters. The van der Waals surface area contributed by atoms with E-state index in [2.05, 4.69) is 53.9 Å². The second-order valence-corrected chi connectivity index (χ2v) is 13.9. The predicted octanol–water partition coefficient (Wildman–Crippen LogP) is 11.3. The van der Waals surface area contributed by atoms with Gasteiger partial charge in [-0.1, -0.05) is 96.0 Å². The van der Waals surface area contributed by atoms with Crippen molar-refractivity contribution in [2.75, 3.05) is 0 Å². The number of benzene rings is 1. The fraction of sp³-hybridized carbons (Fsp3) is 0.350. The maximum absolute atomic E-state index is 14.0. The van der Waals surface area contributed by atoms with E-state index >= 15 is 0 Å². The first-order chi connectivity index (χ1) is 21.6. The second kappa shape index (κ2) is 15.4. The number of unbranched alkanes of at least 4 members (excludes halogenated alkanes) is 1. The number of hydrogen-bond donors (Lipinski definition) is 1. The first-order valence-corrected chi connectivity index (χ1v) is 16.0. The number of Topliss-reactive ketones (excluding diaryl/α,β-unsaturated/α-hetero) is 1. The van der Waals surface area contributed by atoms with Crippen LogP contribution in [-0.4, -0.2) is 21.8 Å². The lowest BCUT2D eigenvalue weighted by atomic mass is 9.81. The molecule has 242 valence electrons. The van der Waals surface area contributed by atoms with Crippen molar-refractivity contribution in [2.24, 2.45) is 5.41 Å². The molecule has 1 N–H and O–H groups in total. The zero-order valence-corrected chi connectivity index (χ0v) is 29.1. The van der Waals surface area contributed by atoms with Crippen LogP contribution in [-0.2, 0) is 10.2 Å². The number of allylic oxidation sites excluding steroid dienone is 7. The number of nitrogens with zero attached hydrogens (tertiary/aromatic N) is 1. The number of rotatable bonds is 13. The lowest BCUT2D eigenvalue weighted by Crippen LogP contribution is -2.15. The third-order valence-electron chi connectivity index (χ3n) is 8.00. The van der Waals surface area contributed by atoms with Gasteiger partial charge in [0, 0.05) is 22.2 Å². The SMILES string of the molecule is C=C=C\C=C(/C=C(C)/C=C/CC/C=C(/CC(C)(C)CC)C(=O)c1cc2nc(-c3ccc(Cl)c(C)c3)cc(C(C)(C)C)c2o1)C(=O)O. The van der Waals surface area contributed by atoms with Gasteiger partial charge in [0.25, 0.3) is 0 Å². The van der Waals surface area contributed by atoms with Gasteiger partial charge in [-0.15, -0.1) is 5.73 Å². The first-order valence-electron chi connectivity index (χ1n) is 15.7. The molecular formula is C40H46ClNO4. The van der Waals surface area contributed by atoms with Crippen molar-refractivity contribution in [2.45, 2.75) is 86.5 Å². The number of carboxylic acids is 1. The van der Waals surface area contributed by atoms with Crippen LogP contribution in [0.5, 0.6) is 0 Å². The van der Waals surface area contributed by atoms with Crippen molar-refractivity contribution in [1.82, 2.24) is 4.98 Å². The largest absolute Gasteiger partial charge is 0.478 e. The highest BCUT2D eigenvalue weighted by molar-refractivity contribution is 6.31. The van der Waals surface area contributed by atoms with Gasteiger partial charge in [-0.2, -0.15) is 0 Å². The fourth-order valence-corrected chi connectivity index (χ4v) is 5.05. The molecule has 0 spiro atoms. The number of carboxylic acid groups (broad SMARTS) is 1. The molecule has 0 fully saturated rings. The number of aromatic nitrogens is 1. The van der Waals surface area contributed by atoms with Gasteiger partial charge in [-0.05, 0) is 91.5 Å². The van der Waals surface area contributed by atoms with Crippen molar-refractivity contribution in [3.05, 3.63) is 118 Å². The Bertz CT molecular complexity index is 1780. The predicted molar refractivity (Wildman–Crippen MR) is 191 cm³/mol. The smallest absolute Gasteiger partial charge is 0.335 e. The lowest BCUT2D eigenvalue weighted by molar-refractivity contribution is -0.132. The molecule has 1 aromatic carbocycles. The van der Waals surface area contributed by atoms with Gasteiger partial charge in [0.2, 0.25) is 5.78 Å². The van der Waals surface area contributed by atoms with Crippen molar-refractivity contribution < 1.29 is 19.1 Å². The van der Waals surface area contributed by atoms with E-state index in [0.29, 0.717) is 41.0 Å². The van der Waals surface area contributed by atoms with Crippen molar-refractivity contribution >= 4 is 34.5 Å². The Balaban J connectivity index is 1.96. The molecule has 0 saturated heterocycles. The molecular weight excluding hydrogens is 594 g/mol. The summed E-state index contributed by atoms with van der Waals surface area (Å²) in [5, 5.41) is 10.1. The number of pyridine rings is 1. The molecule has 0 radical (unpaired) electrons. The highest BCUT2D eigenvalue weighted by atomic mass is 35.5. The summed E-state index contributed by atoms with van der Waals surface area (Å²) in [6.45, 7) is 20.1. The van der Waals surface area contributed by atoms with Crippen molar-refractivity contribution in [3.63, 3.8) is 0 Å². The number of carbonyl (C=O) groups excluding carboxylic acids is 1. The minimum atomic E-state index is -1.02.